The molecule has 0 aliphatic heterocycles. The highest BCUT2D eigenvalue weighted by Gasteiger charge is 2.24. The minimum Gasteiger partial charge on any atom is -0.397 e. The molecule has 0 saturated carbocycles. The van der Waals surface area contributed by atoms with Crippen molar-refractivity contribution in [2.45, 2.75) is 26.3 Å². The van der Waals surface area contributed by atoms with Gasteiger partial charge in [0.1, 0.15) is 5.01 Å². The molecule has 6 heteroatoms. The molecule has 0 aliphatic carbocycles. The Morgan fingerprint density at radius 3 is 2.80 bits per heavy atom. The highest BCUT2D eigenvalue weighted by Crippen LogP contribution is 2.34. The Labute approximate surface area is 125 Å². The number of hydrogen-bond donors (Lipinski definition) is 2. The summed E-state index contributed by atoms with van der Waals surface area (Å²) in [5.74, 6) is 0. The zero-order valence-corrected chi connectivity index (χ0v) is 13.2. The molecule has 0 spiro atoms. The Morgan fingerprint density at radius 2 is 2.10 bits per heavy atom. The van der Waals surface area contributed by atoms with E-state index in [0.717, 1.165) is 31.6 Å². The van der Waals surface area contributed by atoms with Gasteiger partial charge in [-0.25, -0.2) is 9.97 Å². The second-order valence-electron chi connectivity index (χ2n) is 5.23. The van der Waals surface area contributed by atoms with Crippen molar-refractivity contribution in [1.82, 2.24) is 9.97 Å². The minimum absolute atomic E-state index is 0.263. The Balaban J connectivity index is 2.00. The number of hydrogen-bond acceptors (Lipinski definition) is 6. The van der Waals surface area contributed by atoms with Crippen LogP contribution in [-0.2, 0) is 5.54 Å². The molecule has 4 nitrogen and oxygen atoms in total. The lowest BCUT2D eigenvalue weighted by atomic mass is 10.1. The summed E-state index contributed by atoms with van der Waals surface area (Å²) in [6.45, 7) is 6.21. The van der Waals surface area contributed by atoms with Crippen molar-refractivity contribution in [2.75, 3.05) is 11.1 Å². The predicted octanol–water partition coefficient (Wildman–Crippen LogP) is 3.99. The summed E-state index contributed by atoms with van der Waals surface area (Å²) in [5.41, 5.74) is 8.53. The Hall–Kier alpha value is -1.66. The molecule has 3 rings (SSSR count). The fraction of sp³-hybridized carbons (Fsp3) is 0.286. The lowest BCUT2D eigenvalue weighted by Gasteiger charge is -2.26. The number of aryl methyl sites for hydroxylation is 1. The van der Waals surface area contributed by atoms with Crippen molar-refractivity contribution in [2.24, 2.45) is 0 Å². The maximum Gasteiger partial charge on any atom is 0.117 e. The summed E-state index contributed by atoms with van der Waals surface area (Å²) in [7, 11) is 0. The van der Waals surface area contributed by atoms with Crippen LogP contribution in [-0.4, -0.2) is 9.97 Å². The highest BCUT2D eigenvalue weighted by atomic mass is 32.1. The van der Waals surface area contributed by atoms with E-state index >= 15 is 0 Å². The van der Waals surface area contributed by atoms with Crippen LogP contribution in [0.1, 0.15) is 23.9 Å². The number of benzene rings is 1. The molecule has 0 saturated heterocycles. The molecule has 3 N–H and O–H groups in total. The van der Waals surface area contributed by atoms with Crippen molar-refractivity contribution < 1.29 is 0 Å². The van der Waals surface area contributed by atoms with Crippen molar-refractivity contribution in [3.8, 4) is 0 Å². The highest BCUT2D eigenvalue weighted by molar-refractivity contribution is 7.18. The molecular formula is C14H16N4S2. The third-order valence-electron chi connectivity index (χ3n) is 3.08. The summed E-state index contributed by atoms with van der Waals surface area (Å²) in [6.07, 6.45) is 1.82. The molecule has 2 aromatic heterocycles. The maximum absolute atomic E-state index is 6.16. The van der Waals surface area contributed by atoms with Gasteiger partial charge in [0.2, 0.25) is 0 Å². The van der Waals surface area contributed by atoms with Gasteiger partial charge in [-0.3, -0.25) is 0 Å². The average molecular weight is 304 g/mol. The van der Waals surface area contributed by atoms with Crippen molar-refractivity contribution in [1.29, 1.82) is 0 Å². The monoisotopic (exact) mass is 304 g/mol. The maximum atomic E-state index is 6.16. The van der Waals surface area contributed by atoms with Gasteiger partial charge in [0.05, 0.1) is 32.1 Å². The molecule has 1 aromatic carbocycles. The predicted molar refractivity (Wildman–Crippen MR) is 87.5 cm³/mol. The number of fused-ring (bicyclic) bond motifs is 1. The molecule has 0 unspecified atom stereocenters. The van der Waals surface area contributed by atoms with Gasteiger partial charge in [-0.05, 0) is 32.9 Å². The Morgan fingerprint density at radius 1 is 1.30 bits per heavy atom. The zero-order chi connectivity index (χ0) is 14.3. The molecule has 3 aromatic rings. The van der Waals surface area contributed by atoms with Crippen molar-refractivity contribution in [3.05, 3.63) is 33.7 Å². The largest absolute Gasteiger partial charge is 0.397 e. The first-order valence-corrected chi connectivity index (χ1v) is 8.00. The number of thiazole rings is 2. The fourth-order valence-electron chi connectivity index (χ4n) is 2.14. The first kappa shape index (κ1) is 13.3. The van der Waals surface area contributed by atoms with Crippen LogP contribution in [0.3, 0.4) is 0 Å². The number of anilines is 2. The first-order chi connectivity index (χ1) is 9.45. The Bertz CT molecular complexity index is 744. The van der Waals surface area contributed by atoms with E-state index in [0.29, 0.717) is 0 Å². The van der Waals surface area contributed by atoms with Crippen LogP contribution in [0.2, 0.25) is 0 Å². The lowest BCUT2D eigenvalue weighted by Crippen LogP contribution is -2.28. The topological polar surface area (TPSA) is 63.8 Å². The molecule has 2 heterocycles. The van der Waals surface area contributed by atoms with E-state index in [2.05, 4.69) is 29.1 Å². The standard InChI is InChI=1S/C14H16N4S2/c1-8-17-11-7-10(9(15)6-12(11)20-8)18-14(2,3)13-16-4-5-19-13/h4-7,18H,15H2,1-3H3. The molecule has 0 fully saturated rings. The van der Waals surface area contributed by atoms with E-state index in [-0.39, 0.29) is 5.54 Å². The molecule has 0 bridgehead atoms. The fourth-order valence-corrected chi connectivity index (χ4v) is 3.71. The van der Waals surface area contributed by atoms with E-state index in [9.17, 15) is 0 Å². The second kappa shape index (κ2) is 4.71. The molecule has 0 radical (unpaired) electrons. The van der Waals surface area contributed by atoms with Crippen molar-refractivity contribution in [3.63, 3.8) is 0 Å². The van der Waals surface area contributed by atoms with Gasteiger partial charge < -0.3 is 11.1 Å². The normalized spacial score (nSPS) is 11.9. The van der Waals surface area contributed by atoms with E-state index in [4.69, 9.17) is 5.73 Å². The minimum atomic E-state index is -0.263. The SMILES string of the molecule is Cc1nc2cc(NC(C)(C)c3nccs3)c(N)cc2s1. The summed E-state index contributed by atoms with van der Waals surface area (Å²) in [6, 6.07) is 4.00. The van der Waals surface area contributed by atoms with Crippen LogP contribution in [0.15, 0.2) is 23.7 Å². The number of nitrogens with two attached hydrogens (primary N) is 1. The van der Waals surface area contributed by atoms with Gasteiger partial charge in [0.25, 0.3) is 0 Å². The Kier molecular flexibility index (Phi) is 3.14. The van der Waals surface area contributed by atoms with E-state index in [1.807, 2.05) is 30.6 Å². The van der Waals surface area contributed by atoms with Crippen LogP contribution in [0, 0.1) is 6.92 Å². The number of nitrogens with one attached hydrogen (secondary N) is 1. The van der Waals surface area contributed by atoms with Gasteiger partial charge in [-0.1, -0.05) is 0 Å². The zero-order valence-electron chi connectivity index (χ0n) is 11.6. The van der Waals surface area contributed by atoms with Crippen LogP contribution in [0.5, 0.6) is 0 Å². The van der Waals surface area contributed by atoms with Crippen LogP contribution < -0.4 is 11.1 Å². The third kappa shape index (κ3) is 2.36. The molecule has 20 heavy (non-hydrogen) atoms. The van der Waals surface area contributed by atoms with Crippen molar-refractivity contribution >= 4 is 44.3 Å². The average Bonchev–Trinajstić information content (AvgIpc) is 2.98. The summed E-state index contributed by atoms with van der Waals surface area (Å²) in [4.78, 5) is 8.90. The summed E-state index contributed by atoms with van der Waals surface area (Å²) in [5, 5.41) is 7.54. The number of aromatic nitrogens is 2. The summed E-state index contributed by atoms with van der Waals surface area (Å²) < 4.78 is 1.12. The molecular weight excluding hydrogens is 288 g/mol. The van der Waals surface area contributed by atoms with Gasteiger partial charge in [-0.15, -0.1) is 22.7 Å². The van der Waals surface area contributed by atoms with Crippen LogP contribution in [0.4, 0.5) is 11.4 Å². The molecule has 104 valence electrons. The van der Waals surface area contributed by atoms with E-state index in [1.54, 1.807) is 22.7 Å². The van der Waals surface area contributed by atoms with Gasteiger partial charge in [-0.2, -0.15) is 0 Å². The van der Waals surface area contributed by atoms with Crippen LogP contribution >= 0.6 is 22.7 Å². The van der Waals surface area contributed by atoms with Gasteiger partial charge in [0, 0.05) is 11.6 Å². The lowest BCUT2D eigenvalue weighted by molar-refractivity contribution is 0.605. The molecule has 0 amide bonds. The van der Waals surface area contributed by atoms with E-state index < -0.39 is 0 Å². The van der Waals surface area contributed by atoms with Gasteiger partial charge in [0.15, 0.2) is 0 Å². The van der Waals surface area contributed by atoms with Gasteiger partial charge >= 0.3 is 0 Å². The smallest absolute Gasteiger partial charge is 0.117 e. The number of rotatable bonds is 3. The van der Waals surface area contributed by atoms with E-state index in [1.165, 1.54) is 0 Å². The third-order valence-corrected chi connectivity index (χ3v) is 5.11. The molecule has 0 atom stereocenters. The molecule has 0 aliphatic rings. The summed E-state index contributed by atoms with van der Waals surface area (Å²) >= 11 is 3.30. The second-order valence-corrected chi connectivity index (χ2v) is 7.36. The number of nitrogens with zero attached hydrogens (tertiary/aromatic N) is 2. The van der Waals surface area contributed by atoms with Crippen LogP contribution in [0.25, 0.3) is 10.2 Å². The quantitative estimate of drug-likeness (QED) is 0.718. The first-order valence-electron chi connectivity index (χ1n) is 6.30. The number of nitrogen functional groups attached to an aromatic ring is 1.